The molecular weight excluding hydrogens is 310 g/mol. The van der Waals surface area contributed by atoms with E-state index in [4.69, 9.17) is 0 Å². The number of aryl methyl sites for hydroxylation is 4. The third kappa shape index (κ3) is 4.28. The molecule has 0 saturated heterocycles. The highest BCUT2D eigenvalue weighted by atomic mass is 32.1. The van der Waals surface area contributed by atoms with Gasteiger partial charge in [-0.2, -0.15) is 4.98 Å². The second-order valence-corrected chi connectivity index (χ2v) is 7.35. The van der Waals surface area contributed by atoms with Crippen LogP contribution in [0.4, 0.5) is 0 Å². The lowest BCUT2D eigenvalue weighted by atomic mass is 10.1. The Bertz CT molecular complexity index is 750. The molecule has 0 aromatic carbocycles. The monoisotopic (exact) mass is 333 g/mol. The Morgan fingerprint density at radius 1 is 1.35 bits per heavy atom. The highest BCUT2D eigenvalue weighted by Gasteiger charge is 2.15. The molecule has 0 radical (unpaired) electrons. The number of thiophene rings is 1. The van der Waals surface area contributed by atoms with Crippen LogP contribution >= 0.6 is 11.3 Å². The van der Waals surface area contributed by atoms with Crippen LogP contribution in [0.1, 0.15) is 51.7 Å². The molecule has 1 amide bonds. The molecule has 0 fully saturated rings. The maximum atomic E-state index is 12.2. The van der Waals surface area contributed by atoms with Crippen LogP contribution in [0.25, 0.3) is 0 Å². The number of hydrogen-bond donors (Lipinski definition) is 2. The lowest BCUT2D eigenvalue weighted by molar-refractivity contribution is -0.121. The first kappa shape index (κ1) is 17.4. The van der Waals surface area contributed by atoms with Gasteiger partial charge in [-0.3, -0.25) is 4.79 Å². The molecule has 2 N–H and O–H groups in total. The van der Waals surface area contributed by atoms with Crippen molar-refractivity contribution in [2.45, 2.75) is 53.5 Å². The van der Waals surface area contributed by atoms with Crippen molar-refractivity contribution >= 4 is 17.2 Å². The van der Waals surface area contributed by atoms with E-state index < -0.39 is 0 Å². The predicted molar refractivity (Wildman–Crippen MR) is 93.0 cm³/mol. The van der Waals surface area contributed by atoms with Gasteiger partial charge in [-0.05, 0) is 58.2 Å². The first-order valence-corrected chi connectivity index (χ1v) is 8.52. The number of aromatic nitrogens is 2. The summed E-state index contributed by atoms with van der Waals surface area (Å²) in [6.07, 6.45) is 0.948. The summed E-state index contributed by atoms with van der Waals surface area (Å²) < 4.78 is 0. The number of rotatable bonds is 5. The summed E-state index contributed by atoms with van der Waals surface area (Å²) in [6, 6.07) is 2.13. The normalized spacial score (nSPS) is 12.2. The van der Waals surface area contributed by atoms with Crippen LogP contribution in [0.2, 0.25) is 0 Å². The maximum Gasteiger partial charge on any atom is 0.345 e. The van der Waals surface area contributed by atoms with Crippen molar-refractivity contribution in [3.8, 4) is 0 Å². The van der Waals surface area contributed by atoms with E-state index in [-0.39, 0.29) is 17.6 Å². The number of hydrogen-bond acceptors (Lipinski definition) is 4. The molecule has 1 unspecified atom stereocenters. The van der Waals surface area contributed by atoms with E-state index in [1.54, 1.807) is 18.3 Å². The van der Waals surface area contributed by atoms with E-state index in [0.717, 1.165) is 11.3 Å². The van der Waals surface area contributed by atoms with Gasteiger partial charge in [-0.1, -0.05) is 0 Å². The van der Waals surface area contributed by atoms with Crippen LogP contribution in [-0.2, 0) is 11.2 Å². The van der Waals surface area contributed by atoms with Gasteiger partial charge in [-0.15, -0.1) is 11.3 Å². The zero-order chi connectivity index (χ0) is 17.1. The van der Waals surface area contributed by atoms with Gasteiger partial charge < -0.3 is 10.3 Å². The van der Waals surface area contributed by atoms with E-state index in [0.29, 0.717) is 18.5 Å². The van der Waals surface area contributed by atoms with Gasteiger partial charge in [-0.25, -0.2) is 4.79 Å². The molecule has 5 nitrogen and oxygen atoms in total. The molecule has 23 heavy (non-hydrogen) atoms. The van der Waals surface area contributed by atoms with Gasteiger partial charge in [0.1, 0.15) is 0 Å². The molecule has 2 heterocycles. The third-order valence-corrected chi connectivity index (χ3v) is 4.96. The van der Waals surface area contributed by atoms with E-state index in [9.17, 15) is 9.59 Å². The standard InChI is InChI=1S/C17H23N3O2S/c1-9-8-15(13(5)23-9)12(4)18-16(21)7-6-14-10(2)19-17(22)20-11(14)3/h8,12H,6-7H2,1-5H3,(H,18,21)(H,19,20,22). The lowest BCUT2D eigenvalue weighted by Crippen LogP contribution is -2.27. The molecule has 0 bridgehead atoms. The van der Waals surface area contributed by atoms with E-state index in [2.05, 4.69) is 35.2 Å². The van der Waals surface area contributed by atoms with Crippen LogP contribution in [0.3, 0.4) is 0 Å². The molecule has 0 aliphatic heterocycles. The Morgan fingerprint density at radius 3 is 2.61 bits per heavy atom. The first-order valence-electron chi connectivity index (χ1n) is 7.70. The highest BCUT2D eigenvalue weighted by Crippen LogP contribution is 2.26. The fourth-order valence-corrected chi connectivity index (χ4v) is 3.86. The second-order valence-electron chi connectivity index (χ2n) is 5.89. The number of amides is 1. The zero-order valence-electron chi connectivity index (χ0n) is 14.2. The van der Waals surface area contributed by atoms with E-state index in [1.807, 2.05) is 13.8 Å². The molecule has 2 aromatic rings. The van der Waals surface area contributed by atoms with E-state index in [1.165, 1.54) is 15.3 Å². The molecule has 124 valence electrons. The average molecular weight is 333 g/mol. The Morgan fingerprint density at radius 2 is 2.04 bits per heavy atom. The second kappa shape index (κ2) is 7.08. The van der Waals surface area contributed by atoms with Gasteiger partial charge in [0.15, 0.2) is 0 Å². The smallest absolute Gasteiger partial charge is 0.345 e. The van der Waals surface area contributed by atoms with Gasteiger partial charge in [0.25, 0.3) is 0 Å². The minimum absolute atomic E-state index is 0.00310. The zero-order valence-corrected chi connectivity index (χ0v) is 15.1. The molecule has 0 aliphatic carbocycles. The number of carbonyl (C=O) groups is 1. The molecule has 0 spiro atoms. The van der Waals surface area contributed by atoms with Crippen molar-refractivity contribution in [2.24, 2.45) is 0 Å². The summed E-state index contributed by atoms with van der Waals surface area (Å²) >= 11 is 1.75. The molecule has 6 heteroatoms. The maximum absolute atomic E-state index is 12.2. The van der Waals surface area contributed by atoms with Crippen LogP contribution in [-0.4, -0.2) is 15.9 Å². The molecule has 0 aliphatic rings. The third-order valence-electron chi connectivity index (χ3n) is 3.98. The lowest BCUT2D eigenvalue weighted by Gasteiger charge is -2.14. The molecule has 2 rings (SSSR count). The van der Waals surface area contributed by atoms with Gasteiger partial charge >= 0.3 is 5.69 Å². The number of H-pyrrole nitrogens is 1. The number of carbonyl (C=O) groups excluding carboxylic acids is 1. The van der Waals surface area contributed by atoms with Gasteiger partial charge in [0.2, 0.25) is 5.91 Å². The number of nitrogens with zero attached hydrogens (tertiary/aromatic N) is 1. The van der Waals surface area contributed by atoms with Crippen LogP contribution in [0.15, 0.2) is 10.9 Å². The van der Waals surface area contributed by atoms with Crippen molar-refractivity contribution < 1.29 is 4.79 Å². The summed E-state index contributed by atoms with van der Waals surface area (Å²) in [5.41, 5.74) is 3.25. The van der Waals surface area contributed by atoms with Crippen molar-refractivity contribution in [2.75, 3.05) is 0 Å². The minimum Gasteiger partial charge on any atom is -0.350 e. The largest absolute Gasteiger partial charge is 0.350 e. The van der Waals surface area contributed by atoms with Crippen molar-refractivity contribution in [3.05, 3.63) is 48.8 Å². The summed E-state index contributed by atoms with van der Waals surface area (Å²) in [4.78, 5) is 32.6. The van der Waals surface area contributed by atoms with E-state index >= 15 is 0 Å². The Labute approximate surface area is 140 Å². The Hall–Kier alpha value is -1.95. The average Bonchev–Trinajstić information content (AvgIpc) is 2.76. The molecular formula is C17H23N3O2S. The fraction of sp³-hybridized carbons (Fsp3) is 0.471. The fourth-order valence-electron chi connectivity index (χ4n) is 2.83. The van der Waals surface area contributed by atoms with Crippen LogP contribution in [0, 0.1) is 27.7 Å². The topological polar surface area (TPSA) is 74.8 Å². The predicted octanol–water partition coefficient (Wildman–Crippen LogP) is 2.88. The van der Waals surface area contributed by atoms with Crippen LogP contribution in [0.5, 0.6) is 0 Å². The molecule has 1 atom stereocenters. The van der Waals surface area contributed by atoms with Gasteiger partial charge in [0.05, 0.1) is 6.04 Å². The number of nitrogens with one attached hydrogen (secondary N) is 2. The number of aromatic amines is 1. The summed E-state index contributed by atoms with van der Waals surface area (Å²) in [5.74, 6) is 0.00533. The van der Waals surface area contributed by atoms with Crippen molar-refractivity contribution in [1.29, 1.82) is 0 Å². The van der Waals surface area contributed by atoms with Crippen molar-refractivity contribution in [1.82, 2.24) is 15.3 Å². The SMILES string of the molecule is Cc1cc(C(C)NC(=O)CCc2c(C)nc(=O)[nH]c2C)c(C)s1. The summed E-state index contributed by atoms with van der Waals surface area (Å²) in [6.45, 7) is 9.79. The summed E-state index contributed by atoms with van der Waals surface area (Å²) in [7, 11) is 0. The quantitative estimate of drug-likeness (QED) is 0.883. The van der Waals surface area contributed by atoms with Crippen molar-refractivity contribution in [3.63, 3.8) is 0 Å². The minimum atomic E-state index is -0.342. The Kier molecular flexibility index (Phi) is 5.36. The summed E-state index contributed by atoms with van der Waals surface area (Å²) in [5, 5.41) is 3.05. The first-order chi connectivity index (χ1) is 10.8. The molecule has 0 saturated carbocycles. The van der Waals surface area contributed by atoms with Crippen LogP contribution < -0.4 is 11.0 Å². The Balaban J connectivity index is 1.98. The highest BCUT2D eigenvalue weighted by molar-refractivity contribution is 7.12. The van der Waals surface area contributed by atoms with Gasteiger partial charge in [0, 0.05) is 27.6 Å². The molecule has 2 aromatic heterocycles.